The number of aromatic amines is 1. The minimum Gasteiger partial charge on any atom is -0.493 e. The molecule has 0 saturated carbocycles. The van der Waals surface area contributed by atoms with Gasteiger partial charge in [0.25, 0.3) is 5.56 Å². The molecule has 1 saturated heterocycles. The van der Waals surface area contributed by atoms with Gasteiger partial charge in [0.2, 0.25) is 5.88 Å². The second kappa shape index (κ2) is 4.85. The number of rotatable bonds is 2. The molecule has 0 aliphatic carbocycles. The van der Waals surface area contributed by atoms with Crippen LogP contribution in [0, 0.1) is 0 Å². The number of H-pyrrole nitrogens is 1. The molecule has 2 heterocycles. The summed E-state index contributed by atoms with van der Waals surface area (Å²) in [5, 5.41) is 9.30. The first-order valence-electron chi connectivity index (χ1n) is 5.72. The number of nitrogens with one attached hydrogen (secondary N) is 1. The van der Waals surface area contributed by atoms with E-state index in [1.54, 1.807) is 0 Å². The molecular formula is C11H17N3O3. The highest BCUT2D eigenvalue weighted by Crippen LogP contribution is 2.20. The van der Waals surface area contributed by atoms with E-state index in [2.05, 4.69) is 28.7 Å². The number of hydrogen-bond acceptors (Lipinski definition) is 5. The van der Waals surface area contributed by atoms with Gasteiger partial charge < -0.3 is 14.8 Å². The standard InChI is InChI=1S/C11H17N3O3/c1-7(2)14-3-4-17-8(6-14)11-12-9(15)5-10(16)13-11/h5,7-8H,3-4,6H2,1-2H3,(H2,12,13,15,16). The first-order chi connectivity index (χ1) is 8.06. The van der Waals surface area contributed by atoms with Crippen LogP contribution in [0.3, 0.4) is 0 Å². The smallest absolute Gasteiger partial charge is 0.254 e. The van der Waals surface area contributed by atoms with Crippen molar-refractivity contribution in [1.29, 1.82) is 0 Å². The Bertz CT molecular complexity index is 444. The van der Waals surface area contributed by atoms with Gasteiger partial charge in [-0.3, -0.25) is 9.69 Å². The van der Waals surface area contributed by atoms with Crippen LogP contribution in [-0.2, 0) is 4.74 Å². The Morgan fingerprint density at radius 1 is 1.65 bits per heavy atom. The fraction of sp³-hybridized carbons (Fsp3) is 0.636. The zero-order chi connectivity index (χ0) is 12.4. The molecule has 1 aliphatic rings. The summed E-state index contributed by atoms with van der Waals surface area (Å²) in [5.74, 6) is 0.120. The largest absolute Gasteiger partial charge is 0.493 e. The van der Waals surface area contributed by atoms with Gasteiger partial charge in [0.15, 0.2) is 0 Å². The number of nitrogens with zero attached hydrogens (tertiary/aromatic N) is 2. The monoisotopic (exact) mass is 239 g/mol. The Morgan fingerprint density at radius 2 is 2.41 bits per heavy atom. The lowest BCUT2D eigenvalue weighted by atomic mass is 10.2. The minimum atomic E-state index is -0.363. The molecule has 94 valence electrons. The van der Waals surface area contributed by atoms with E-state index in [0.29, 0.717) is 25.0 Å². The van der Waals surface area contributed by atoms with Crippen LogP contribution in [0.5, 0.6) is 5.88 Å². The summed E-state index contributed by atoms with van der Waals surface area (Å²) in [4.78, 5) is 20.0. The summed E-state index contributed by atoms with van der Waals surface area (Å²) in [6.07, 6.45) is -0.286. The van der Waals surface area contributed by atoms with Gasteiger partial charge in [0.05, 0.1) is 12.7 Å². The third-order valence-electron chi connectivity index (χ3n) is 2.88. The SMILES string of the molecule is CC(C)N1CCOC(c2nc(O)cc(=O)[nH]2)C1. The van der Waals surface area contributed by atoms with Gasteiger partial charge in [0, 0.05) is 19.1 Å². The molecule has 1 atom stereocenters. The van der Waals surface area contributed by atoms with Gasteiger partial charge in [-0.1, -0.05) is 0 Å². The molecule has 6 nitrogen and oxygen atoms in total. The van der Waals surface area contributed by atoms with Crippen molar-refractivity contribution in [2.24, 2.45) is 0 Å². The second-order valence-corrected chi connectivity index (χ2v) is 4.44. The average Bonchev–Trinajstić information content (AvgIpc) is 2.28. The van der Waals surface area contributed by atoms with Gasteiger partial charge in [-0.25, -0.2) is 0 Å². The maximum Gasteiger partial charge on any atom is 0.254 e. The zero-order valence-corrected chi connectivity index (χ0v) is 10.0. The van der Waals surface area contributed by atoms with Crippen molar-refractivity contribution in [3.8, 4) is 5.88 Å². The molecule has 0 aromatic carbocycles. The van der Waals surface area contributed by atoms with Crippen molar-refractivity contribution in [1.82, 2.24) is 14.9 Å². The van der Waals surface area contributed by atoms with Crippen LogP contribution in [0.1, 0.15) is 25.8 Å². The Balaban J connectivity index is 2.18. The molecule has 0 radical (unpaired) electrons. The molecule has 0 amide bonds. The summed E-state index contributed by atoms with van der Waals surface area (Å²) in [6.45, 7) is 6.37. The van der Waals surface area contributed by atoms with E-state index in [4.69, 9.17) is 4.74 Å². The molecule has 1 aromatic heterocycles. The van der Waals surface area contributed by atoms with E-state index < -0.39 is 0 Å². The lowest BCUT2D eigenvalue weighted by Crippen LogP contribution is -2.43. The predicted octanol–water partition coefficient (Wildman–Crippen LogP) is 0.257. The Morgan fingerprint density at radius 3 is 3.06 bits per heavy atom. The van der Waals surface area contributed by atoms with Gasteiger partial charge in [-0.2, -0.15) is 4.98 Å². The van der Waals surface area contributed by atoms with E-state index in [1.165, 1.54) is 0 Å². The van der Waals surface area contributed by atoms with Gasteiger partial charge >= 0.3 is 0 Å². The highest BCUT2D eigenvalue weighted by Gasteiger charge is 2.25. The highest BCUT2D eigenvalue weighted by molar-refractivity contribution is 5.08. The molecule has 0 spiro atoms. The lowest BCUT2D eigenvalue weighted by molar-refractivity contribution is -0.0445. The zero-order valence-electron chi connectivity index (χ0n) is 10.0. The van der Waals surface area contributed by atoms with E-state index in [-0.39, 0.29) is 17.5 Å². The minimum absolute atomic E-state index is 0.269. The molecular weight excluding hydrogens is 222 g/mol. The molecule has 17 heavy (non-hydrogen) atoms. The van der Waals surface area contributed by atoms with Crippen molar-refractivity contribution in [2.45, 2.75) is 26.0 Å². The van der Waals surface area contributed by atoms with Crippen LogP contribution >= 0.6 is 0 Å². The van der Waals surface area contributed by atoms with Crippen molar-refractivity contribution in [2.75, 3.05) is 19.7 Å². The fourth-order valence-electron chi connectivity index (χ4n) is 1.92. The van der Waals surface area contributed by atoms with Crippen molar-refractivity contribution in [3.63, 3.8) is 0 Å². The molecule has 2 rings (SSSR count). The number of ether oxygens (including phenoxy) is 1. The fourth-order valence-corrected chi connectivity index (χ4v) is 1.92. The molecule has 1 fully saturated rings. The number of aromatic nitrogens is 2. The predicted molar refractivity (Wildman–Crippen MR) is 61.9 cm³/mol. The van der Waals surface area contributed by atoms with E-state index in [9.17, 15) is 9.90 Å². The first-order valence-corrected chi connectivity index (χ1v) is 5.72. The third-order valence-corrected chi connectivity index (χ3v) is 2.88. The van der Waals surface area contributed by atoms with Crippen LogP contribution in [0.4, 0.5) is 0 Å². The Labute approximate surface area is 99.2 Å². The van der Waals surface area contributed by atoms with Gasteiger partial charge in [0.1, 0.15) is 11.9 Å². The van der Waals surface area contributed by atoms with Crippen molar-refractivity contribution >= 4 is 0 Å². The summed E-state index contributed by atoms with van der Waals surface area (Å²) < 4.78 is 5.57. The average molecular weight is 239 g/mol. The van der Waals surface area contributed by atoms with E-state index >= 15 is 0 Å². The molecule has 1 aliphatic heterocycles. The molecule has 6 heteroatoms. The quantitative estimate of drug-likeness (QED) is 0.774. The third kappa shape index (κ3) is 2.83. The van der Waals surface area contributed by atoms with Gasteiger partial charge in [-0.05, 0) is 13.8 Å². The first kappa shape index (κ1) is 12.1. The summed E-state index contributed by atoms with van der Waals surface area (Å²) in [7, 11) is 0. The van der Waals surface area contributed by atoms with Crippen molar-refractivity contribution in [3.05, 3.63) is 22.2 Å². The van der Waals surface area contributed by atoms with Crippen molar-refractivity contribution < 1.29 is 9.84 Å². The second-order valence-electron chi connectivity index (χ2n) is 4.44. The Kier molecular flexibility index (Phi) is 3.44. The number of morpholine rings is 1. The van der Waals surface area contributed by atoms with Crippen LogP contribution in [0.25, 0.3) is 0 Å². The highest BCUT2D eigenvalue weighted by atomic mass is 16.5. The summed E-state index contributed by atoms with van der Waals surface area (Å²) >= 11 is 0. The maximum absolute atomic E-state index is 11.2. The molecule has 1 unspecified atom stereocenters. The summed E-state index contributed by atoms with van der Waals surface area (Å²) in [5.41, 5.74) is -0.363. The summed E-state index contributed by atoms with van der Waals surface area (Å²) in [6, 6.07) is 1.47. The maximum atomic E-state index is 11.2. The number of hydrogen-bond donors (Lipinski definition) is 2. The molecule has 0 bridgehead atoms. The van der Waals surface area contributed by atoms with Gasteiger partial charge in [-0.15, -0.1) is 0 Å². The van der Waals surface area contributed by atoms with Crippen LogP contribution in [0.2, 0.25) is 0 Å². The van der Waals surface area contributed by atoms with Crippen LogP contribution in [-0.4, -0.2) is 45.7 Å². The number of aromatic hydroxyl groups is 1. The normalized spacial score (nSPS) is 21.9. The lowest BCUT2D eigenvalue weighted by Gasteiger charge is -2.34. The molecule has 2 N–H and O–H groups in total. The van der Waals surface area contributed by atoms with Crippen LogP contribution in [0.15, 0.2) is 10.9 Å². The topological polar surface area (TPSA) is 78.5 Å². The molecule has 1 aromatic rings. The Hall–Kier alpha value is -1.40. The van der Waals surface area contributed by atoms with E-state index in [1.807, 2.05) is 0 Å². The van der Waals surface area contributed by atoms with Crippen LogP contribution < -0.4 is 5.56 Å². The van der Waals surface area contributed by atoms with E-state index in [0.717, 1.165) is 12.6 Å².